The van der Waals surface area contributed by atoms with E-state index in [1.54, 1.807) is 11.3 Å². The maximum atomic E-state index is 13.3. The van der Waals surface area contributed by atoms with Gasteiger partial charge in [0.25, 0.3) is 0 Å². The van der Waals surface area contributed by atoms with Crippen LogP contribution in [0.25, 0.3) is 0 Å². The fraction of sp³-hybridized carbons (Fsp3) is 0.591. The van der Waals surface area contributed by atoms with E-state index in [9.17, 15) is 4.79 Å². The summed E-state index contributed by atoms with van der Waals surface area (Å²) in [5.41, 5.74) is 1.20. The minimum atomic E-state index is 0.216. The van der Waals surface area contributed by atoms with E-state index in [2.05, 4.69) is 59.3 Å². The number of thiophene rings is 1. The number of hydrogen-bond donors (Lipinski definition) is 0. The number of unbranched alkanes of at least 4 members (excludes halogenated alkanes) is 1. The van der Waals surface area contributed by atoms with Crippen LogP contribution in [0.4, 0.5) is 0 Å². The minimum absolute atomic E-state index is 0.216. The lowest BCUT2D eigenvalue weighted by Crippen LogP contribution is -2.37. The molecule has 0 N–H and O–H groups in total. The van der Waals surface area contributed by atoms with E-state index in [1.165, 1.54) is 42.7 Å². The third-order valence-electron chi connectivity index (χ3n) is 5.80. The Labute approximate surface area is 162 Å². The van der Waals surface area contributed by atoms with Crippen LogP contribution < -0.4 is 0 Å². The molecule has 4 heteroatoms. The SMILES string of the molecule is CCCCC1CCC(C(=O)N(Cc2cccs2)Cc2cccn2C)CC1. The van der Waals surface area contributed by atoms with Gasteiger partial charge in [0.2, 0.25) is 5.91 Å². The van der Waals surface area contributed by atoms with Crippen molar-refractivity contribution in [2.45, 2.75) is 65.0 Å². The number of nitrogens with zero attached hydrogens (tertiary/aromatic N) is 2. The molecule has 0 spiro atoms. The van der Waals surface area contributed by atoms with Crippen molar-refractivity contribution >= 4 is 17.2 Å². The van der Waals surface area contributed by atoms with Gasteiger partial charge < -0.3 is 9.47 Å². The lowest BCUT2D eigenvalue weighted by Gasteiger charge is -2.32. The van der Waals surface area contributed by atoms with Crippen molar-refractivity contribution in [2.24, 2.45) is 18.9 Å². The number of amides is 1. The quantitative estimate of drug-likeness (QED) is 0.591. The van der Waals surface area contributed by atoms with Crippen LogP contribution >= 0.6 is 11.3 Å². The molecule has 1 saturated carbocycles. The van der Waals surface area contributed by atoms with E-state index in [1.807, 2.05) is 0 Å². The number of hydrogen-bond acceptors (Lipinski definition) is 2. The monoisotopic (exact) mass is 372 g/mol. The first-order valence-electron chi connectivity index (χ1n) is 10.1. The average molecular weight is 373 g/mol. The molecule has 1 aliphatic rings. The molecule has 1 amide bonds. The van der Waals surface area contributed by atoms with Gasteiger partial charge in [-0.2, -0.15) is 0 Å². The van der Waals surface area contributed by atoms with Crippen molar-refractivity contribution in [1.29, 1.82) is 0 Å². The zero-order chi connectivity index (χ0) is 18.4. The van der Waals surface area contributed by atoms with Gasteiger partial charge in [0.1, 0.15) is 0 Å². The molecule has 2 heterocycles. The molecule has 26 heavy (non-hydrogen) atoms. The summed E-state index contributed by atoms with van der Waals surface area (Å²) >= 11 is 1.74. The van der Waals surface area contributed by atoms with Crippen molar-refractivity contribution < 1.29 is 4.79 Å². The summed E-state index contributed by atoms with van der Waals surface area (Å²) in [6.07, 6.45) is 10.6. The van der Waals surface area contributed by atoms with Gasteiger partial charge in [-0.25, -0.2) is 0 Å². The van der Waals surface area contributed by atoms with Crippen molar-refractivity contribution in [1.82, 2.24) is 9.47 Å². The highest BCUT2D eigenvalue weighted by atomic mass is 32.1. The molecule has 1 aliphatic carbocycles. The van der Waals surface area contributed by atoms with Crippen LogP contribution in [-0.4, -0.2) is 15.4 Å². The van der Waals surface area contributed by atoms with Crippen LogP contribution in [-0.2, 0) is 24.9 Å². The normalized spacial score (nSPS) is 20.2. The van der Waals surface area contributed by atoms with Gasteiger partial charge in [-0.15, -0.1) is 11.3 Å². The Bertz CT molecular complexity index is 668. The first-order valence-corrected chi connectivity index (χ1v) is 11.0. The fourth-order valence-electron chi connectivity index (χ4n) is 4.11. The Kier molecular flexibility index (Phi) is 6.95. The molecule has 2 aromatic heterocycles. The molecule has 3 rings (SSSR count). The van der Waals surface area contributed by atoms with E-state index in [-0.39, 0.29) is 5.92 Å². The van der Waals surface area contributed by atoms with Crippen LogP contribution in [0.2, 0.25) is 0 Å². The molecule has 3 nitrogen and oxygen atoms in total. The van der Waals surface area contributed by atoms with Crippen LogP contribution in [0.5, 0.6) is 0 Å². The second-order valence-corrected chi connectivity index (χ2v) is 8.78. The molecule has 0 aliphatic heterocycles. The summed E-state index contributed by atoms with van der Waals surface area (Å²) < 4.78 is 2.12. The molecule has 0 radical (unpaired) electrons. The van der Waals surface area contributed by atoms with Gasteiger partial charge in [0.15, 0.2) is 0 Å². The standard InChI is InChI=1S/C22H32N2OS/c1-3-4-7-18-10-12-19(13-11-18)22(25)24(17-21-9-6-15-26-21)16-20-8-5-14-23(20)2/h5-6,8-9,14-15,18-19H,3-4,7,10-13,16-17H2,1-2H3. The number of rotatable bonds is 8. The van der Waals surface area contributed by atoms with Crippen LogP contribution in [0.1, 0.15) is 62.4 Å². The summed E-state index contributed by atoms with van der Waals surface area (Å²) in [5, 5.41) is 2.10. The third kappa shape index (κ3) is 5.00. The smallest absolute Gasteiger partial charge is 0.226 e. The Morgan fingerprint density at radius 1 is 1.19 bits per heavy atom. The Morgan fingerprint density at radius 3 is 2.62 bits per heavy atom. The minimum Gasteiger partial charge on any atom is -0.353 e. The summed E-state index contributed by atoms with van der Waals surface area (Å²) in [5.74, 6) is 1.42. The molecular weight excluding hydrogens is 340 g/mol. The number of carbonyl (C=O) groups is 1. The van der Waals surface area contributed by atoms with E-state index >= 15 is 0 Å². The Hall–Kier alpha value is -1.55. The van der Waals surface area contributed by atoms with Gasteiger partial charge in [-0.05, 0) is 55.2 Å². The van der Waals surface area contributed by atoms with Crippen LogP contribution in [0.15, 0.2) is 35.8 Å². The molecule has 0 bridgehead atoms. The summed E-state index contributed by atoms with van der Waals surface area (Å²) in [6, 6.07) is 8.39. The number of carbonyl (C=O) groups excluding carboxylic acids is 1. The largest absolute Gasteiger partial charge is 0.353 e. The van der Waals surface area contributed by atoms with Gasteiger partial charge in [-0.3, -0.25) is 4.79 Å². The maximum absolute atomic E-state index is 13.3. The first kappa shape index (κ1) is 19.2. The zero-order valence-corrected chi connectivity index (χ0v) is 17.0. The lowest BCUT2D eigenvalue weighted by molar-refractivity contribution is -0.138. The van der Waals surface area contributed by atoms with Crippen molar-refractivity contribution in [3.63, 3.8) is 0 Å². The number of aromatic nitrogens is 1. The summed E-state index contributed by atoms with van der Waals surface area (Å²) in [7, 11) is 2.06. The fourth-order valence-corrected chi connectivity index (χ4v) is 4.83. The molecule has 0 aromatic carbocycles. The highest BCUT2D eigenvalue weighted by Crippen LogP contribution is 2.33. The Morgan fingerprint density at radius 2 is 2.00 bits per heavy atom. The van der Waals surface area contributed by atoms with E-state index < -0.39 is 0 Å². The predicted octanol–water partition coefficient (Wildman–Crippen LogP) is 5.61. The zero-order valence-electron chi connectivity index (χ0n) is 16.2. The maximum Gasteiger partial charge on any atom is 0.226 e. The van der Waals surface area contributed by atoms with Gasteiger partial charge in [-0.1, -0.05) is 32.3 Å². The van der Waals surface area contributed by atoms with E-state index in [0.717, 1.165) is 25.3 Å². The number of aryl methyl sites for hydroxylation is 1. The second-order valence-electron chi connectivity index (χ2n) is 7.74. The molecule has 0 unspecified atom stereocenters. The van der Waals surface area contributed by atoms with Crippen molar-refractivity contribution in [3.05, 3.63) is 46.4 Å². The van der Waals surface area contributed by atoms with Crippen molar-refractivity contribution in [2.75, 3.05) is 0 Å². The van der Waals surface area contributed by atoms with Crippen LogP contribution in [0.3, 0.4) is 0 Å². The van der Waals surface area contributed by atoms with Crippen molar-refractivity contribution in [3.8, 4) is 0 Å². The predicted molar refractivity (Wildman–Crippen MR) is 109 cm³/mol. The molecule has 0 saturated heterocycles. The lowest BCUT2D eigenvalue weighted by atomic mass is 9.79. The topological polar surface area (TPSA) is 25.2 Å². The molecule has 142 valence electrons. The summed E-state index contributed by atoms with van der Waals surface area (Å²) in [4.78, 5) is 16.7. The van der Waals surface area contributed by atoms with Gasteiger partial charge in [0, 0.05) is 29.7 Å². The molecule has 1 fully saturated rings. The van der Waals surface area contributed by atoms with E-state index in [4.69, 9.17) is 0 Å². The first-order chi connectivity index (χ1) is 12.7. The highest BCUT2D eigenvalue weighted by Gasteiger charge is 2.29. The van der Waals surface area contributed by atoms with Gasteiger partial charge >= 0.3 is 0 Å². The second kappa shape index (κ2) is 9.40. The van der Waals surface area contributed by atoms with Gasteiger partial charge in [0.05, 0.1) is 13.1 Å². The van der Waals surface area contributed by atoms with E-state index in [0.29, 0.717) is 12.5 Å². The third-order valence-corrected chi connectivity index (χ3v) is 6.67. The molecule has 2 aromatic rings. The molecule has 0 atom stereocenters. The highest BCUT2D eigenvalue weighted by molar-refractivity contribution is 7.09. The van der Waals surface area contributed by atoms with Crippen LogP contribution in [0, 0.1) is 11.8 Å². The molecular formula is C22H32N2OS. The average Bonchev–Trinajstić information content (AvgIpc) is 3.31. The Balaban J connectivity index is 1.64. The summed E-state index contributed by atoms with van der Waals surface area (Å²) in [6.45, 7) is 3.70.